The van der Waals surface area contributed by atoms with Crippen LogP contribution in [0.1, 0.15) is 21.5 Å². The molecule has 0 atom stereocenters. The highest BCUT2D eigenvalue weighted by molar-refractivity contribution is 5.91. The first kappa shape index (κ1) is 12.4. The van der Waals surface area contributed by atoms with E-state index in [2.05, 4.69) is 31.2 Å². The van der Waals surface area contributed by atoms with Gasteiger partial charge in [0.2, 0.25) is 0 Å². The van der Waals surface area contributed by atoms with Gasteiger partial charge >= 0.3 is 5.97 Å². The number of ether oxygens (including phenoxy) is 1. The predicted molar refractivity (Wildman–Crippen MR) is 72.7 cm³/mol. The first-order chi connectivity index (χ1) is 8.61. The lowest BCUT2D eigenvalue weighted by Gasteiger charge is -2.07. The second-order valence-electron chi connectivity index (χ2n) is 4.39. The van der Waals surface area contributed by atoms with Gasteiger partial charge in [0.15, 0.2) is 0 Å². The number of rotatable bonds is 2. The molecule has 0 heterocycles. The van der Waals surface area contributed by atoms with Gasteiger partial charge < -0.3 is 4.74 Å². The van der Waals surface area contributed by atoms with Crippen molar-refractivity contribution in [2.45, 2.75) is 13.8 Å². The van der Waals surface area contributed by atoms with Gasteiger partial charge in [-0.25, -0.2) is 4.79 Å². The Balaban J connectivity index is 2.40. The molecule has 2 rings (SSSR count). The number of carbonyl (C=O) groups is 1. The summed E-state index contributed by atoms with van der Waals surface area (Å²) < 4.78 is 4.74. The Hall–Kier alpha value is -2.09. The number of aryl methyl sites for hydroxylation is 2. The topological polar surface area (TPSA) is 26.3 Å². The normalized spacial score (nSPS) is 10.2. The van der Waals surface area contributed by atoms with Gasteiger partial charge in [0, 0.05) is 0 Å². The fourth-order valence-corrected chi connectivity index (χ4v) is 1.93. The first-order valence-electron chi connectivity index (χ1n) is 5.88. The molecule has 2 aromatic carbocycles. The third-order valence-electron chi connectivity index (χ3n) is 3.02. The van der Waals surface area contributed by atoms with Crippen LogP contribution in [0.4, 0.5) is 0 Å². The molecule has 0 bridgehead atoms. The predicted octanol–water partition coefficient (Wildman–Crippen LogP) is 3.76. The van der Waals surface area contributed by atoms with E-state index in [1.807, 2.05) is 25.1 Å². The van der Waals surface area contributed by atoms with E-state index in [9.17, 15) is 4.79 Å². The number of hydrogen-bond acceptors (Lipinski definition) is 2. The van der Waals surface area contributed by atoms with Gasteiger partial charge in [-0.1, -0.05) is 42.0 Å². The number of methoxy groups -OCH3 is 1. The maximum atomic E-state index is 11.5. The average Bonchev–Trinajstić information content (AvgIpc) is 2.38. The van der Waals surface area contributed by atoms with Crippen LogP contribution in [0.3, 0.4) is 0 Å². The Morgan fingerprint density at radius 1 is 0.944 bits per heavy atom. The van der Waals surface area contributed by atoms with Crippen LogP contribution in [-0.4, -0.2) is 13.1 Å². The lowest BCUT2D eigenvalue weighted by Crippen LogP contribution is -2.03. The maximum absolute atomic E-state index is 11.5. The van der Waals surface area contributed by atoms with E-state index in [1.54, 1.807) is 0 Å². The Morgan fingerprint density at radius 3 is 2.11 bits per heavy atom. The minimum Gasteiger partial charge on any atom is -0.465 e. The Bertz CT molecular complexity index is 568. The number of carbonyl (C=O) groups excluding carboxylic acids is 1. The zero-order valence-electron chi connectivity index (χ0n) is 10.9. The van der Waals surface area contributed by atoms with E-state index in [0.29, 0.717) is 5.56 Å². The molecule has 2 heteroatoms. The summed E-state index contributed by atoms with van der Waals surface area (Å²) >= 11 is 0. The summed E-state index contributed by atoms with van der Waals surface area (Å²) in [5, 5.41) is 0. The van der Waals surface area contributed by atoms with Gasteiger partial charge in [-0.05, 0) is 36.6 Å². The van der Waals surface area contributed by atoms with E-state index in [-0.39, 0.29) is 5.97 Å². The van der Waals surface area contributed by atoms with Crippen LogP contribution >= 0.6 is 0 Å². The van der Waals surface area contributed by atoms with E-state index < -0.39 is 0 Å². The van der Waals surface area contributed by atoms with E-state index in [1.165, 1.54) is 12.7 Å². The van der Waals surface area contributed by atoms with Crippen LogP contribution in [0, 0.1) is 13.8 Å². The zero-order valence-corrected chi connectivity index (χ0v) is 10.9. The van der Waals surface area contributed by atoms with Crippen molar-refractivity contribution in [2.75, 3.05) is 7.11 Å². The molecule has 0 amide bonds. The lowest BCUT2D eigenvalue weighted by atomic mass is 9.99. The zero-order chi connectivity index (χ0) is 13.1. The van der Waals surface area contributed by atoms with E-state index >= 15 is 0 Å². The highest BCUT2D eigenvalue weighted by Crippen LogP contribution is 2.23. The van der Waals surface area contributed by atoms with Crippen molar-refractivity contribution < 1.29 is 9.53 Å². The molecular formula is C16H16O2. The molecule has 0 saturated heterocycles. The highest BCUT2D eigenvalue weighted by Gasteiger charge is 2.09. The van der Waals surface area contributed by atoms with Crippen molar-refractivity contribution in [3.8, 4) is 11.1 Å². The smallest absolute Gasteiger partial charge is 0.338 e. The molecule has 2 nitrogen and oxygen atoms in total. The Morgan fingerprint density at radius 2 is 1.56 bits per heavy atom. The van der Waals surface area contributed by atoms with Crippen molar-refractivity contribution in [1.29, 1.82) is 0 Å². The second-order valence-corrected chi connectivity index (χ2v) is 4.39. The summed E-state index contributed by atoms with van der Waals surface area (Å²) in [4.78, 5) is 11.5. The van der Waals surface area contributed by atoms with Crippen LogP contribution in [0.25, 0.3) is 11.1 Å². The monoisotopic (exact) mass is 240 g/mol. The molecule has 0 aliphatic carbocycles. The van der Waals surface area contributed by atoms with Crippen molar-refractivity contribution in [1.82, 2.24) is 0 Å². The number of esters is 1. The third-order valence-corrected chi connectivity index (χ3v) is 3.02. The molecule has 0 saturated carbocycles. The molecule has 18 heavy (non-hydrogen) atoms. The molecule has 2 aromatic rings. The summed E-state index contributed by atoms with van der Waals surface area (Å²) in [7, 11) is 1.40. The number of hydrogen-bond donors (Lipinski definition) is 0. The van der Waals surface area contributed by atoms with Crippen molar-refractivity contribution in [3.63, 3.8) is 0 Å². The third kappa shape index (κ3) is 2.43. The molecule has 0 spiro atoms. The second kappa shape index (κ2) is 5.05. The van der Waals surface area contributed by atoms with Gasteiger partial charge in [-0.2, -0.15) is 0 Å². The largest absolute Gasteiger partial charge is 0.465 e. The molecule has 0 unspecified atom stereocenters. The summed E-state index contributed by atoms with van der Waals surface area (Å²) in [6, 6.07) is 14.1. The van der Waals surface area contributed by atoms with Crippen molar-refractivity contribution in [2.24, 2.45) is 0 Å². The quantitative estimate of drug-likeness (QED) is 0.747. The van der Waals surface area contributed by atoms with Gasteiger partial charge in [0.1, 0.15) is 0 Å². The van der Waals surface area contributed by atoms with Gasteiger partial charge in [0.05, 0.1) is 12.7 Å². The molecule has 0 radical (unpaired) electrons. The molecule has 92 valence electrons. The minimum atomic E-state index is -0.289. The van der Waals surface area contributed by atoms with Crippen LogP contribution in [0.2, 0.25) is 0 Å². The van der Waals surface area contributed by atoms with Crippen molar-refractivity contribution >= 4 is 5.97 Å². The molecule has 0 aliphatic heterocycles. The van der Waals surface area contributed by atoms with E-state index in [0.717, 1.165) is 16.7 Å². The van der Waals surface area contributed by atoms with Crippen LogP contribution in [-0.2, 0) is 4.74 Å². The molecule has 0 fully saturated rings. The molecule has 0 aliphatic rings. The van der Waals surface area contributed by atoms with Gasteiger partial charge in [-0.3, -0.25) is 0 Å². The first-order valence-corrected chi connectivity index (χ1v) is 5.88. The van der Waals surface area contributed by atoms with Gasteiger partial charge in [0.25, 0.3) is 0 Å². The highest BCUT2D eigenvalue weighted by atomic mass is 16.5. The molecule has 0 N–H and O–H groups in total. The number of benzene rings is 2. The summed E-state index contributed by atoms with van der Waals surface area (Å²) in [5.41, 5.74) is 5.05. The lowest BCUT2D eigenvalue weighted by molar-refractivity contribution is 0.0600. The fraction of sp³-hybridized carbons (Fsp3) is 0.188. The van der Waals surface area contributed by atoms with E-state index in [4.69, 9.17) is 4.74 Å². The Labute approximate surface area is 107 Å². The van der Waals surface area contributed by atoms with Gasteiger partial charge in [-0.15, -0.1) is 0 Å². The SMILES string of the molecule is COC(=O)c1ccc(-c2ccc(C)cc2)cc1C. The molecule has 0 aromatic heterocycles. The van der Waals surface area contributed by atoms with Crippen molar-refractivity contribution in [3.05, 3.63) is 59.2 Å². The minimum absolute atomic E-state index is 0.289. The maximum Gasteiger partial charge on any atom is 0.338 e. The molecular weight excluding hydrogens is 224 g/mol. The summed E-state index contributed by atoms with van der Waals surface area (Å²) in [6.45, 7) is 3.99. The Kier molecular flexibility index (Phi) is 3.47. The fourth-order valence-electron chi connectivity index (χ4n) is 1.93. The van der Waals surface area contributed by atoms with Crippen LogP contribution in [0.5, 0.6) is 0 Å². The summed E-state index contributed by atoms with van der Waals surface area (Å²) in [6.07, 6.45) is 0. The van der Waals surface area contributed by atoms with Crippen LogP contribution in [0.15, 0.2) is 42.5 Å². The average molecular weight is 240 g/mol. The van der Waals surface area contributed by atoms with Crippen LogP contribution < -0.4 is 0 Å². The summed E-state index contributed by atoms with van der Waals surface area (Å²) in [5.74, 6) is -0.289. The standard InChI is InChI=1S/C16H16O2/c1-11-4-6-13(7-5-11)14-8-9-15(12(2)10-14)16(17)18-3/h4-10H,1-3H3.